The molecule has 0 spiro atoms. The van der Waals surface area contributed by atoms with Crippen molar-refractivity contribution in [3.63, 3.8) is 0 Å². The first kappa shape index (κ1) is 19.8. The Morgan fingerprint density at radius 3 is 2.53 bits per heavy atom. The molecule has 3 aromatic carbocycles. The van der Waals surface area contributed by atoms with Gasteiger partial charge >= 0.3 is 0 Å². The number of nitrogens with one attached hydrogen (secondary N) is 1. The number of carbonyl (C=O) groups excluding carboxylic acids is 1. The van der Waals surface area contributed by atoms with Gasteiger partial charge in [-0.15, -0.1) is 0 Å². The second-order valence-electron chi connectivity index (χ2n) is 7.64. The fourth-order valence-corrected chi connectivity index (χ4v) is 3.76. The lowest BCUT2D eigenvalue weighted by atomic mass is 9.99. The van der Waals surface area contributed by atoms with Crippen LogP contribution < -0.4 is 5.32 Å². The molecule has 1 aliphatic rings. The second-order valence-corrected chi connectivity index (χ2v) is 7.64. The first-order valence-corrected chi connectivity index (χ1v) is 9.94. The summed E-state index contributed by atoms with van der Waals surface area (Å²) >= 11 is 0. The molecule has 152 valence electrons. The molecule has 6 nitrogen and oxygen atoms in total. The summed E-state index contributed by atoms with van der Waals surface area (Å²) in [6.07, 6.45) is 1.05. The largest absolute Gasteiger partial charge is 0.321 e. The normalized spacial score (nSPS) is 13.5. The van der Waals surface area contributed by atoms with E-state index in [0.29, 0.717) is 11.3 Å². The molecule has 6 heteroatoms. The third kappa shape index (κ3) is 4.39. The lowest BCUT2D eigenvalue weighted by Gasteiger charge is -2.28. The van der Waals surface area contributed by atoms with E-state index in [2.05, 4.69) is 34.5 Å². The number of hydrogen-bond acceptors (Lipinski definition) is 4. The Labute approximate surface area is 175 Å². The van der Waals surface area contributed by atoms with Gasteiger partial charge in [0.1, 0.15) is 0 Å². The summed E-state index contributed by atoms with van der Waals surface area (Å²) in [5.74, 6) is -0.281. The van der Waals surface area contributed by atoms with Crippen molar-refractivity contribution in [1.82, 2.24) is 4.90 Å². The Balaban J connectivity index is 1.41. The smallest absolute Gasteiger partial charge is 0.271 e. The maximum atomic E-state index is 12.6. The van der Waals surface area contributed by atoms with Crippen LogP contribution in [0.1, 0.15) is 32.6 Å². The Hall–Kier alpha value is -3.51. The SMILES string of the molecule is Cc1ccc([N+](=O)[O-])cc1NC(=O)c1ccc(CN2CCc3ccccc3C2)cc1. The first-order chi connectivity index (χ1) is 14.5. The van der Waals surface area contributed by atoms with E-state index in [1.54, 1.807) is 25.1 Å². The van der Waals surface area contributed by atoms with Crippen molar-refractivity contribution in [1.29, 1.82) is 0 Å². The molecule has 0 saturated carbocycles. The Bertz CT molecular complexity index is 1090. The van der Waals surface area contributed by atoms with E-state index in [1.807, 2.05) is 12.1 Å². The highest BCUT2D eigenvalue weighted by Gasteiger charge is 2.16. The third-order valence-electron chi connectivity index (χ3n) is 5.51. The molecule has 1 amide bonds. The summed E-state index contributed by atoms with van der Waals surface area (Å²) in [5.41, 5.74) is 5.66. The van der Waals surface area contributed by atoms with Crippen molar-refractivity contribution in [2.45, 2.75) is 26.4 Å². The van der Waals surface area contributed by atoms with E-state index >= 15 is 0 Å². The van der Waals surface area contributed by atoms with Crippen LogP contribution in [0.3, 0.4) is 0 Å². The number of nitro benzene ring substituents is 1. The van der Waals surface area contributed by atoms with Crippen LogP contribution >= 0.6 is 0 Å². The topological polar surface area (TPSA) is 75.5 Å². The van der Waals surface area contributed by atoms with Crippen LogP contribution in [-0.2, 0) is 19.5 Å². The van der Waals surface area contributed by atoms with E-state index in [9.17, 15) is 14.9 Å². The number of nitro groups is 1. The maximum Gasteiger partial charge on any atom is 0.271 e. The highest BCUT2D eigenvalue weighted by Crippen LogP contribution is 2.23. The van der Waals surface area contributed by atoms with Crippen molar-refractivity contribution < 1.29 is 9.72 Å². The molecule has 1 N–H and O–H groups in total. The lowest BCUT2D eigenvalue weighted by Crippen LogP contribution is -2.29. The maximum absolute atomic E-state index is 12.6. The van der Waals surface area contributed by atoms with Gasteiger partial charge in [-0.2, -0.15) is 0 Å². The summed E-state index contributed by atoms with van der Waals surface area (Å²) in [7, 11) is 0. The molecule has 0 saturated heterocycles. The number of fused-ring (bicyclic) bond motifs is 1. The highest BCUT2D eigenvalue weighted by molar-refractivity contribution is 6.04. The number of rotatable bonds is 5. The van der Waals surface area contributed by atoms with E-state index in [4.69, 9.17) is 0 Å². The van der Waals surface area contributed by atoms with Gasteiger partial charge in [-0.1, -0.05) is 42.5 Å². The van der Waals surface area contributed by atoms with E-state index in [-0.39, 0.29) is 11.6 Å². The predicted molar refractivity (Wildman–Crippen MR) is 116 cm³/mol. The van der Waals surface area contributed by atoms with Gasteiger partial charge in [-0.05, 0) is 47.7 Å². The molecule has 1 heterocycles. The van der Waals surface area contributed by atoms with Gasteiger partial charge in [0.2, 0.25) is 0 Å². The number of anilines is 1. The summed E-state index contributed by atoms with van der Waals surface area (Å²) < 4.78 is 0. The minimum Gasteiger partial charge on any atom is -0.321 e. The van der Waals surface area contributed by atoms with E-state index in [0.717, 1.165) is 37.2 Å². The number of aryl methyl sites for hydroxylation is 1. The zero-order valence-electron chi connectivity index (χ0n) is 16.8. The number of non-ortho nitro benzene ring substituents is 1. The molecular weight excluding hydrogens is 378 g/mol. The Kier molecular flexibility index (Phi) is 5.59. The number of hydrogen-bond donors (Lipinski definition) is 1. The number of benzene rings is 3. The lowest BCUT2D eigenvalue weighted by molar-refractivity contribution is -0.384. The molecule has 1 aliphatic heterocycles. The average molecular weight is 401 g/mol. The fraction of sp³-hybridized carbons (Fsp3) is 0.208. The van der Waals surface area contributed by atoms with Crippen LogP contribution in [-0.4, -0.2) is 22.3 Å². The van der Waals surface area contributed by atoms with Crippen LogP contribution in [0, 0.1) is 17.0 Å². The molecule has 0 aromatic heterocycles. The van der Waals surface area contributed by atoms with Crippen molar-refractivity contribution in [2.75, 3.05) is 11.9 Å². The summed E-state index contributed by atoms with van der Waals surface area (Å²) in [5, 5.41) is 13.8. The van der Waals surface area contributed by atoms with Crippen molar-refractivity contribution in [3.8, 4) is 0 Å². The van der Waals surface area contributed by atoms with Crippen LogP contribution in [0.5, 0.6) is 0 Å². The number of carbonyl (C=O) groups is 1. The van der Waals surface area contributed by atoms with Crippen molar-refractivity contribution in [2.24, 2.45) is 0 Å². The molecule has 0 bridgehead atoms. The van der Waals surface area contributed by atoms with Crippen molar-refractivity contribution >= 4 is 17.3 Å². The van der Waals surface area contributed by atoms with Gasteiger partial charge < -0.3 is 5.32 Å². The average Bonchev–Trinajstić information content (AvgIpc) is 2.75. The number of amides is 1. The minimum atomic E-state index is -0.469. The van der Waals surface area contributed by atoms with E-state index in [1.165, 1.54) is 23.3 Å². The standard InChI is InChI=1S/C24H23N3O3/c1-17-6-11-22(27(29)30)14-23(17)25-24(28)20-9-7-18(8-10-20)15-26-13-12-19-4-2-3-5-21(19)16-26/h2-11,14H,12-13,15-16H2,1H3,(H,25,28). The fourth-order valence-electron chi connectivity index (χ4n) is 3.76. The zero-order chi connectivity index (χ0) is 21.1. The van der Waals surface area contributed by atoms with Gasteiger partial charge in [-0.25, -0.2) is 0 Å². The minimum absolute atomic E-state index is 0.0469. The molecule has 0 radical (unpaired) electrons. The molecule has 0 aliphatic carbocycles. The second kappa shape index (κ2) is 8.47. The monoisotopic (exact) mass is 401 g/mol. The van der Waals surface area contributed by atoms with Crippen LogP contribution in [0.15, 0.2) is 66.7 Å². The van der Waals surface area contributed by atoms with Crippen LogP contribution in [0.4, 0.5) is 11.4 Å². The summed E-state index contributed by atoms with van der Waals surface area (Å²) in [6.45, 7) is 4.59. The third-order valence-corrected chi connectivity index (χ3v) is 5.51. The van der Waals surface area contributed by atoms with Gasteiger partial charge in [-0.3, -0.25) is 19.8 Å². The Morgan fingerprint density at radius 1 is 1.07 bits per heavy atom. The molecule has 0 unspecified atom stereocenters. The van der Waals surface area contributed by atoms with Gasteiger partial charge in [0, 0.05) is 37.3 Å². The van der Waals surface area contributed by atoms with Crippen molar-refractivity contribution in [3.05, 3.63) is 105 Å². The van der Waals surface area contributed by atoms with Gasteiger partial charge in [0.15, 0.2) is 0 Å². The molecule has 0 atom stereocenters. The predicted octanol–water partition coefficient (Wildman–Crippen LogP) is 4.71. The Morgan fingerprint density at radius 2 is 1.80 bits per heavy atom. The molecule has 4 rings (SSSR count). The first-order valence-electron chi connectivity index (χ1n) is 9.94. The summed E-state index contributed by atoms with van der Waals surface area (Å²) in [4.78, 5) is 25.5. The highest BCUT2D eigenvalue weighted by atomic mass is 16.6. The number of nitrogens with zero attached hydrogens (tertiary/aromatic N) is 2. The molecular formula is C24H23N3O3. The molecule has 3 aromatic rings. The van der Waals surface area contributed by atoms with Gasteiger partial charge in [0.05, 0.1) is 10.6 Å². The molecule has 0 fully saturated rings. The zero-order valence-corrected chi connectivity index (χ0v) is 16.8. The van der Waals surface area contributed by atoms with Gasteiger partial charge in [0.25, 0.3) is 11.6 Å². The quantitative estimate of drug-likeness (QED) is 0.496. The van der Waals surface area contributed by atoms with E-state index < -0.39 is 4.92 Å². The molecule has 30 heavy (non-hydrogen) atoms. The van der Waals surface area contributed by atoms with Crippen LogP contribution in [0.25, 0.3) is 0 Å². The summed E-state index contributed by atoms with van der Waals surface area (Å²) in [6, 6.07) is 20.5. The van der Waals surface area contributed by atoms with Crippen LogP contribution in [0.2, 0.25) is 0 Å².